The molecule has 0 atom stereocenters. The van der Waals surface area contributed by atoms with Crippen molar-refractivity contribution < 1.29 is 13.3 Å². The Morgan fingerprint density at radius 2 is 1.88 bits per heavy atom. The van der Waals surface area contributed by atoms with Crippen molar-refractivity contribution in [2.75, 3.05) is 0 Å². The molecule has 128 valence electrons. The van der Waals surface area contributed by atoms with Crippen LogP contribution in [0.3, 0.4) is 0 Å². The fraction of sp³-hybridized carbons (Fsp3) is 0.125. The molecule has 9 heteroatoms. The molecule has 0 amide bonds. The molecule has 1 aromatic carbocycles. The van der Waals surface area contributed by atoms with Gasteiger partial charge in [-0.15, -0.1) is 0 Å². The largest absolute Gasteiger partial charge is 0.356 e. The third kappa shape index (κ3) is 3.13. The van der Waals surface area contributed by atoms with Gasteiger partial charge in [-0.1, -0.05) is 18.2 Å². The van der Waals surface area contributed by atoms with Crippen LogP contribution in [0.5, 0.6) is 0 Å². The monoisotopic (exact) mass is 359 g/mol. The smallest absolute Gasteiger partial charge is 0.262 e. The number of hydrogen-bond acceptors (Lipinski definition) is 6. The molecule has 0 aliphatic carbocycles. The Kier molecular flexibility index (Phi) is 4.09. The fourth-order valence-electron chi connectivity index (χ4n) is 2.45. The van der Waals surface area contributed by atoms with E-state index in [0.29, 0.717) is 0 Å². The van der Waals surface area contributed by atoms with E-state index in [1.807, 2.05) is 0 Å². The van der Waals surface area contributed by atoms with E-state index < -0.39 is 31.8 Å². The van der Waals surface area contributed by atoms with Crippen molar-refractivity contribution in [2.45, 2.75) is 17.6 Å². The molecule has 0 aliphatic rings. The number of rotatable bonds is 4. The lowest BCUT2D eigenvalue weighted by Gasteiger charge is -2.07. The molecule has 3 aromatic rings. The normalized spacial score (nSPS) is 11.6. The highest BCUT2D eigenvalue weighted by atomic mass is 32.2. The highest BCUT2D eigenvalue weighted by Gasteiger charge is 2.28. The summed E-state index contributed by atoms with van der Waals surface area (Å²) in [4.78, 5) is 26.9. The quantitative estimate of drug-likeness (QED) is 0.519. The molecule has 0 saturated carbocycles. The lowest BCUT2D eigenvalue weighted by molar-refractivity contribution is -0.387. The Morgan fingerprint density at radius 1 is 1.20 bits per heavy atom. The summed E-state index contributed by atoms with van der Waals surface area (Å²) >= 11 is 0. The number of pyridine rings is 1. The van der Waals surface area contributed by atoms with E-state index in [1.165, 1.54) is 18.3 Å². The summed E-state index contributed by atoms with van der Waals surface area (Å²) in [6, 6.07) is 10.7. The van der Waals surface area contributed by atoms with E-state index in [4.69, 9.17) is 0 Å². The van der Waals surface area contributed by atoms with E-state index >= 15 is 0 Å². The SMILES string of the molecule is Cc1ccn2c(=O)c([N+](=O)[O-])c(CS(=O)(=O)c3ccccc3)nc2c1. The molecule has 2 aromatic heterocycles. The third-order valence-corrected chi connectivity index (χ3v) is 5.29. The zero-order valence-corrected chi connectivity index (χ0v) is 13.9. The predicted octanol–water partition coefficient (Wildman–Crippen LogP) is 1.89. The van der Waals surface area contributed by atoms with Crippen molar-refractivity contribution in [3.05, 3.63) is 80.4 Å². The summed E-state index contributed by atoms with van der Waals surface area (Å²) < 4.78 is 26.1. The van der Waals surface area contributed by atoms with Crippen LogP contribution in [0, 0.1) is 17.0 Å². The minimum absolute atomic E-state index is 0.00976. The number of hydrogen-bond donors (Lipinski definition) is 0. The van der Waals surface area contributed by atoms with E-state index in [2.05, 4.69) is 4.98 Å². The van der Waals surface area contributed by atoms with Gasteiger partial charge in [-0.2, -0.15) is 0 Å². The number of nitro groups is 1. The summed E-state index contributed by atoms with van der Waals surface area (Å²) in [7, 11) is -3.88. The molecule has 0 spiro atoms. The molecule has 2 heterocycles. The molecule has 8 nitrogen and oxygen atoms in total. The molecular formula is C16H13N3O5S. The second-order valence-corrected chi connectivity index (χ2v) is 7.46. The summed E-state index contributed by atoms with van der Waals surface area (Å²) in [5, 5.41) is 11.3. The zero-order chi connectivity index (χ0) is 18.2. The maximum Gasteiger partial charge on any atom is 0.356 e. The van der Waals surface area contributed by atoms with Crippen LogP contribution in [0.25, 0.3) is 5.65 Å². The number of fused-ring (bicyclic) bond motifs is 1. The molecule has 0 aliphatic heterocycles. The Hall–Kier alpha value is -3.07. The minimum Gasteiger partial charge on any atom is -0.262 e. The second kappa shape index (κ2) is 6.10. The Morgan fingerprint density at radius 3 is 2.52 bits per heavy atom. The van der Waals surface area contributed by atoms with Gasteiger partial charge < -0.3 is 0 Å². The van der Waals surface area contributed by atoms with Gasteiger partial charge in [0, 0.05) is 6.20 Å². The van der Waals surface area contributed by atoms with Crippen molar-refractivity contribution in [3.8, 4) is 0 Å². The van der Waals surface area contributed by atoms with Crippen molar-refractivity contribution in [3.63, 3.8) is 0 Å². The Labute approximate surface area is 142 Å². The maximum absolute atomic E-state index is 12.5. The van der Waals surface area contributed by atoms with Crippen LogP contribution in [0.15, 0.2) is 58.4 Å². The summed E-state index contributed by atoms with van der Waals surface area (Å²) in [5.74, 6) is -0.729. The second-order valence-electron chi connectivity index (χ2n) is 5.47. The van der Waals surface area contributed by atoms with Crippen molar-refractivity contribution in [1.29, 1.82) is 0 Å². The van der Waals surface area contributed by atoms with E-state index in [0.717, 1.165) is 9.96 Å². The zero-order valence-electron chi connectivity index (χ0n) is 13.1. The number of sulfone groups is 1. The van der Waals surface area contributed by atoms with E-state index in [9.17, 15) is 23.3 Å². The molecule has 0 saturated heterocycles. The molecule has 0 radical (unpaired) electrons. The average Bonchev–Trinajstić information content (AvgIpc) is 2.54. The number of aromatic nitrogens is 2. The fourth-order valence-corrected chi connectivity index (χ4v) is 3.75. The molecule has 0 fully saturated rings. The van der Waals surface area contributed by atoms with Crippen LogP contribution in [-0.4, -0.2) is 22.7 Å². The maximum atomic E-state index is 12.5. The molecular weight excluding hydrogens is 346 g/mol. The van der Waals surface area contributed by atoms with Gasteiger partial charge >= 0.3 is 11.2 Å². The van der Waals surface area contributed by atoms with Gasteiger partial charge in [-0.05, 0) is 36.8 Å². The van der Waals surface area contributed by atoms with Gasteiger partial charge in [0.1, 0.15) is 17.1 Å². The Balaban J connectivity index is 2.23. The van der Waals surface area contributed by atoms with Gasteiger partial charge in [0.25, 0.3) is 0 Å². The van der Waals surface area contributed by atoms with Crippen LogP contribution in [0.1, 0.15) is 11.3 Å². The molecule has 0 N–H and O–H groups in total. The molecule has 0 bridgehead atoms. The number of aryl methyl sites for hydroxylation is 1. The summed E-state index contributed by atoms with van der Waals surface area (Å²) in [6.07, 6.45) is 1.38. The lowest BCUT2D eigenvalue weighted by Crippen LogP contribution is -2.22. The van der Waals surface area contributed by atoms with E-state index in [-0.39, 0.29) is 16.2 Å². The van der Waals surface area contributed by atoms with Gasteiger partial charge in [0.05, 0.1) is 9.82 Å². The summed E-state index contributed by atoms with van der Waals surface area (Å²) in [5.41, 5.74) is -1.16. The summed E-state index contributed by atoms with van der Waals surface area (Å²) in [6.45, 7) is 1.77. The van der Waals surface area contributed by atoms with E-state index in [1.54, 1.807) is 37.3 Å². The van der Waals surface area contributed by atoms with Crippen LogP contribution < -0.4 is 5.56 Å². The van der Waals surface area contributed by atoms with Crippen LogP contribution in [0.2, 0.25) is 0 Å². The first kappa shape index (κ1) is 16.8. The Bertz CT molecular complexity index is 1140. The van der Waals surface area contributed by atoms with Crippen LogP contribution in [0.4, 0.5) is 5.69 Å². The molecule has 25 heavy (non-hydrogen) atoms. The number of benzene rings is 1. The molecule has 0 unspecified atom stereocenters. The van der Waals surface area contributed by atoms with Gasteiger partial charge in [0.2, 0.25) is 0 Å². The van der Waals surface area contributed by atoms with Gasteiger partial charge in [0.15, 0.2) is 9.84 Å². The van der Waals surface area contributed by atoms with Crippen molar-refractivity contribution in [1.82, 2.24) is 9.38 Å². The minimum atomic E-state index is -3.88. The van der Waals surface area contributed by atoms with Crippen LogP contribution >= 0.6 is 0 Å². The highest BCUT2D eigenvalue weighted by molar-refractivity contribution is 7.90. The van der Waals surface area contributed by atoms with Crippen molar-refractivity contribution in [2.24, 2.45) is 0 Å². The van der Waals surface area contributed by atoms with Gasteiger partial charge in [-0.3, -0.25) is 19.3 Å². The third-order valence-electron chi connectivity index (χ3n) is 3.65. The highest BCUT2D eigenvalue weighted by Crippen LogP contribution is 2.20. The lowest BCUT2D eigenvalue weighted by atomic mass is 10.3. The van der Waals surface area contributed by atoms with Gasteiger partial charge in [-0.25, -0.2) is 13.4 Å². The van der Waals surface area contributed by atoms with Crippen molar-refractivity contribution >= 4 is 21.2 Å². The topological polar surface area (TPSA) is 112 Å². The average molecular weight is 359 g/mol. The standard InChI is InChI=1S/C16H13N3O5S/c1-11-7-8-18-14(9-11)17-13(15(16(18)20)19(21)22)10-25(23,24)12-5-3-2-4-6-12/h2-9H,10H2,1H3. The first-order valence-electron chi connectivity index (χ1n) is 7.24. The molecule has 3 rings (SSSR count). The number of nitrogens with zero attached hydrogens (tertiary/aromatic N) is 3. The predicted molar refractivity (Wildman–Crippen MR) is 90.2 cm³/mol. The van der Waals surface area contributed by atoms with Crippen LogP contribution in [-0.2, 0) is 15.6 Å². The first-order chi connectivity index (χ1) is 11.8. The first-order valence-corrected chi connectivity index (χ1v) is 8.89.